The van der Waals surface area contributed by atoms with E-state index in [0.29, 0.717) is 6.42 Å². The molecule has 0 aliphatic carbocycles. The van der Waals surface area contributed by atoms with Crippen LogP contribution in [0.25, 0.3) is 0 Å². The quantitative estimate of drug-likeness (QED) is 0.289. The number of thioether (sulfide) groups is 1. The van der Waals surface area contributed by atoms with E-state index in [9.17, 15) is 35.5 Å². The van der Waals surface area contributed by atoms with Crippen molar-refractivity contribution in [2.75, 3.05) is 12.4 Å². The van der Waals surface area contributed by atoms with Gasteiger partial charge in [0.15, 0.2) is 0 Å². The zero-order valence-electron chi connectivity index (χ0n) is 13.6. The summed E-state index contributed by atoms with van der Waals surface area (Å²) in [6, 6.07) is 0. The highest BCUT2D eigenvalue weighted by Gasteiger charge is 2.72. The van der Waals surface area contributed by atoms with Crippen molar-refractivity contribution >= 4 is 17.7 Å². The first-order valence-corrected chi connectivity index (χ1v) is 8.43. The highest BCUT2D eigenvalue weighted by Crippen LogP contribution is 2.48. The fourth-order valence-corrected chi connectivity index (χ4v) is 2.84. The monoisotopic (exact) mass is 386 g/mol. The summed E-state index contributed by atoms with van der Waals surface area (Å²) < 4.78 is 92.7. The fraction of sp³-hybridized carbons (Fsp3) is 0.929. The standard InChI is InChI=1S/C14H21F7O2S/c1-4-7-23-11(22)10(9(2)3)24-8-5-6-12(15,16)13(17,18)14(19,20)21/h9-10H,4-8H2,1-3H3. The van der Waals surface area contributed by atoms with Crippen LogP contribution < -0.4 is 0 Å². The van der Waals surface area contributed by atoms with Crippen LogP contribution in [0, 0.1) is 5.92 Å². The minimum atomic E-state index is -6.31. The van der Waals surface area contributed by atoms with Crippen molar-refractivity contribution in [1.29, 1.82) is 0 Å². The van der Waals surface area contributed by atoms with Crippen molar-refractivity contribution in [3.63, 3.8) is 0 Å². The first-order chi connectivity index (χ1) is 10.8. The molecule has 2 nitrogen and oxygen atoms in total. The largest absolute Gasteiger partial charge is 0.465 e. The Kier molecular flexibility index (Phi) is 8.89. The molecular formula is C14H21F7O2S. The molecule has 10 heteroatoms. The van der Waals surface area contributed by atoms with Gasteiger partial charge in [-0.05, 0) is 24.5 Å². The van der Waals surface area contributed by atoms with Gasteiger partial charge in [0.1, 0.15) is 5.25 Å². The Morgan fingerprint density at radius 1 is 1.08 bits per heavy atom. The second kappa shape index (κ2) is 9.15. The molecule has 0 aliphatic heterocycles. The van der Waals surface area contributed by atoms with E-state index in [2.05, 4.69) is 0 Å². The van der Waals surface area contributed by atoms with Gasteiger partial charge < -0.3 is 4.74 Å². The van der Waals surface area contributed by atoms with Gasteiger partial charge in [0.05, 0.1) is 6.61 Å². The van der Waals surface area contributed by atoms with Gasteiger partial charge in [0.25, 0.3) is 0 Å². The number of carbonyl (C=O) groups excluding carboxylic acids is 1. The molecule has 24 heavy (non-hydrogen) atoms. The molecule has 0 bridgehead atoms. The molecule has 0 aromatic carbocycles. The molecule has 0 heterocycles. The molecule has 0 N–H and O–H groups in total. The molecule has 0 fully saturated rings. The van der Waals surface area contributed by atoms with Crippen LogP contribution in [0.3, 0.4) is 0 Å². The predicted molar refractivity (Wildman–Crippen MR) is 77.5 cm³/mol. The van der Waals surface area contributed by atoms with E-state index < -0.39 is 42.1 Å². The van der Waals surface area contributed by atoms with E-state index in [0.717, 1.165) is 11.8 Å². The van der Waals surface area contributed by atoms with Crippen LogP contribution in [0.5, 0.6) is 0 Å². The maximum atomic E-state index is 13.1. The second-order valence-corrected chi connectivity index (χ2v) is 6.83. The Morgan fingerprint density at radius 2 is 1.62 bits per heavy atom. The molecule has 0 saturated carbocycles. The zero-order valence-corrected chi connectivity index (χ0v) is 14.4. The summed E-state index contributed by atoms with van der Waals surface area (Å²) in [5.41, 5.74) is 0. The van der Waals surface area contributed by atoms with Crippen LogP contribution in [0.1, 0.15) is 40.0 Å². The first-order valence-electron chi connectivity index (χ1n) is 7.38. The Bertz CT molecular complexity index is 397. The average Bonchev–Trinajstić information content (AvgIpc) is 2.42. The third-order valence-corrected chi connectivity index (χ3v) is 4.65. The summed E-state index contributed by atoms with van der Waals surface area (Å²) in [6.45, 7) is 5.36. The topological polar surface area (TPSA) is 26.3 Å². The molecule has 0 spiro atoms. The fourth-order valence-electron chi connectivity index (χ4n) is 1.69. The number of halogens is 7. The third kappa shape index (κ3) is 6.33. The van der Waals surface area contributed by atoms with E-state index in [1.807, 2.05) is 0 Å². The third-order valence-electron chi connectivity index (χ3n) is 3.03. The van der Waals surface area contributed by atoms with Crippen molar-refractivity contribution in [3.8, 4) is 0 Å². The Morgan fingerprint density at radius 3 is 2.04 bits per heavy atom. The van der Waals surface area contributed by atoms with Crippen LogP contribution in [-0.2, 0) is 9.53 Å². The zero-order chi connectivity index (χ0) is 19.2. The lowest BCUT2D eigenvalue weighted by molar-refractivity contribution is -0.355. The summed E-state index contributed by atoms with van der Waals surface area (Å²) in [6.07, 6.45) is -7.93. The maximum absolute atomic E-state index is 13.1. The van der Waals surface area contributed by atoms with Crippen LogP contribution in [0.2, 0.25) is 0 Å². The number of rotatable bonds is 10. The number of alkyl halides is 7. The molecule has 0 aromatic heterocycles. The average molecular weight is 386 g/mol. The van der Waals surface area contributed by atoms with E-state index in [-0.39, 0.29) is 18.3 Å². The number of esters is 1. The second-order valence-electron chi connectivity index (χ2n) is 5.58. The number of hydrogen-bond acceptors (Lipinski definition) is 3. The van der Waals surface area contributed by atoms with Crippen molar-refractivity contribution in [1.82, 2.24) is 0 Å². The highest BCUT2D eigenvalue weighted by molar-refractivity contribution is 8.00. The molecular weight excluding hydrogens is 365 g/mol. The SMILES string of the molecule is CCCOC(=O)C(SCCCC(F)(F)C(F)(F)C(F)(F)F)C(C)C. The van der Waals surface area contributed by atoms with Gasteiger partial charge in [-0.3, -0.25) is 4.79 Å². The van der Waals surface area contributed by atoms with Gasteiger partial charge in [-0.1, -0.05) is 20.8 Å². The first kappa shape index (κ1) is 23.3. The minimum absolute atomic E-state index is 0.159. The Labute approximate surface area is 140 Å². The lowest BCUT2D eigenvalue weighted by Crippen LogP contribution is -2.51. The van der Waals surface area contributed by atoms with Gasteiger partial charge in [-0.2, -0.15) is 30.7 Å². The number of carbonyl (C=O) groups is 1. The number of hydrogen-bond donors (Lipinski definition) is 0. The Balaban J connectivity index is 4.56. The van der Waals surface area contributed by atoms with Gasteiger partial charge in [-0.15, -0.1) is 11.8 Å². The summed E-state index contributed by atoms with van der Waals surface area (Å²) >= 11 is 0.913. The Hall–Kier alpha value is -0.670. The smallest absolute Gasteiger partial charge is 0.459 e. The lowest BCUT2D eigenvalue weighted by Gasteiger charge is -2.28. The molecule has 1 atom stereocenters. The molecule has 0 saturated heterocycles. The summed E-state index contributed by atoms with van der Waals surface area (Å²) in [5, 5.41) is -0.687. The molecule has 1 unspecified atom stereocenters. The van der Waals surface area contributed by atoms with E-state index in [1.165, 1.54) is 0 Å². The molecule has 144 valence electrons. The highest BCUT2D eigenvalue weighted by atomic mass is 32.2. The minimum Gasteiger partial charge on any atom is -0.465 e. The van der Waals surface area contributed by atoms with Crippen LogP contribution >= 0.6 is 11.8 Å². The molecule has 0 rings (SSSR count). The van der Waals surface area contributed by atoms with E-state index in [4.69, 9.17) is 4.74 Å². The van der Waals surface area contributed by atoms with Crippen LogP contribution in [0.4, 0.5) is 30.7 Å². The van der Waals surface area contributed by atoms with E-state index in [1.54, 1.807) is 20.8 Å². The summed E-state index contributed by atoms with van der Waals surface area (Å²) in [5.74, 6) is -12.2. The summed E-state index contributed by atoms with van der Waals surface area (Å²) in [7, 11) is 0. The van der Waals surface area contributed by atoms with Gasteiger partial charge in [0, 0.05) is 6.42 Å². The van der Waals surface area contributed by atoms with Crippen molar-refractivity contribution < 1.29 is 40.3 Å². The van der Waals surface area contributed by atoms with Crippen molar-refractivity contribution in [2.24, 2.45) is 5.92 Å². The summed E-state index contributed by atoms with van der Waals surface area (Å²) in [4.78, 5) is 11.8. The van der Waals surface area contributed by atoms with Crippen LogP contribution in [0.15, 0.2) is 0 Å². The lowest BCUT2D eigenvalue weighted by atomic mass is 10.1. The van der Waals surface area contributed by atoms with Gasteiger partial charge >= 0.3 is 24.0 Å². The molecule has 0 amide bonds. The number of ether oxygens (including phenoxy) is 1. The van der Waals surface area contributed by atoms with Gasteiger partial charge in [-0.25, -0.2) is 0 Å². The van der Waals surface area contributed by atoms with Crippen LogP contribution in [-0.4, -0.2) is 41.6 Å². The van der Waals surface area contributed by atoms with E-state index >= 15 is 0 Å². The van der Waals surface area contributed by atoms with Gasteiger partial charge in [0.2, 0.25) is 0 Å². The van der Waals surface area contributed by atoms with Crippen molar-refractivity contribution in [2.45, 2.75) is 63.3 Å². The molecule has 0 aromatic rings. The normalized spacial score (nSPS) is 14.8. The predicted octanol–water partition coefficient (Wildman–Crippen LogP) is 5.31. The molecule has 0 radical (unpaired) electrons. The maximum Gasteiger partial charge on any atom is 0.459 e. The van der Waals surface area contributed by atoms with Crippen molar-refractivity contribution in [3.05, 3.63) is 0 Å². The molecule has 0 aliphatic rings.